The number of nitrogens with zero attached hydrogens (tertiary/aromatic N) is 2. The number of hydrogen-bond donors (Lipinski definition) is 1. The highest BCUT2D eigenvalue weighted by atomic mass is 79.9. The highest BCUT2D eigenvalue weighted by molar-refractivity contribution is 9.10. The van der Waals surface area contributed by atoms with Gasteiger partial charge < -0.3 is 9.84 Å². The van der Waals surface area contributed by atoms with Gasteiger partial charge in [0.25, 0.3) is 11.6 Å². The van der Waals surface area contributed by atoms with Crippen LogP contribution in [0.1, 0.15) is 21.8 Å². The number of nitro benzene ring substituents is 1. The third kappa shape index (κ3) is 3.21. The fourth-order valence-electron chi connectivity index (χ4n) is 1.56. The number of carbonyl (C=O) groups is 1. The Balaban J connectivity index is 2.12. The Morgan fingerprint density at radius 2 is 2.25 bits per heavy atom. The van der Waals surface area contributed by atoms with Crippen molar-refractivity contribution >= 4 is 27.5 Å². The van der Waals surface area contributed by atoms with E-state index in [1.165, 1.54) is 18.2 Å². The van der Waals surface area contributed by atoms with Crippen LogP contribution in [0.3, 0.4) is 0 Å². The molecule has 2 aromatic rings. The largest absolute Gasteiger partial charge is 0.359 e. The Morgan fingerprint density at radius 3 is 2.85 bits per heavy atom. The third-order valence-corrected chi connectivity index (χ3v) is 3.20. The summed E-state index contributed by atoms with van der Waals surface area (Å²) < 4.78 is 5.44. The van der Waals surface area contributed by atoms with Gasteiger partial charge in [-0.05, 0) is 28.9 Å². The van der Waals surface area contributed by atoms with Crippen LogP contribution in [0, 0.1) is 17.0 Å². The maximum Gasteiger partial charge on any atom is 0.270 e. The summed E-state index contributed by atoms with van der Waals surface area (Å²) in [5.74, 6) is 0.0760. The average molecular weight is 340 g/mol. The van der Waals surface area contributed by atoms with Gasteiger partial charge in [-0.2, -0.15) is 0 Å². The van der Waals surface area contributed by atoms with E-state index in [2.05, 4.69) is 26.4 Å². The Morgan fingerprint density at radius 1 is 1.50 bits per heavy atom. The molecule has 7 nitrogen and oxygen atoms in total. The molecule has 1 aromatic carbocycles. The van der Waals surface area contributed by atoms with E-state index in [0.29, 0.717) is 15.9 Å². The molecule has 1 aromatic heterocycles. The smallest absolute Gasteiger partial charge is 0.270 e. The van der Waals surface area contributed by atoms with Crippen molar-refractivity contribution in [2.45, 2.75) is 13.5 Å². The second-order valence-corrected chi connectivity index (χ2v) is 4.89. The number of non-ortho nitro benzene ring substituents is 1. The van der Waals surface area contributed by atoms with Gasteiger partial charge in [0.05, 0.1) is 22.7 Å². The number of hydrogen-bond acceptors (Lipinski definition) is 5. The van der Waals surface area contributed by atoms with Crippen LogP contribution in [0.4, 0.5) is 5.69 Å². The molecule has 1 heterocycles. The molecular weight excluding hydrogens is 330 g/mol. The van der Waals surface area contributed by atoms with Crippen molar-refractivity contribution in [1.29, 1.82) is 0 Å². The molecule has 0 aliphatic carbocycles. The van der Waals surface area contributed by atoms with Gasteiger partial charge in [-0.1, -0.05) is 5.16 Å². The Kier molecular flexibility index (Phi) is 4.14. The highest BCUT2D eigenvalue weighted by Crippen LogP contribution is 2.22. The van der Waals surface area contributed by atoms with Crippen LogP contribution >= 0.6 is 15.9 Å². The first-order valence-electron chi connectivity index (χ1n) is 5.61. The standard InChI is InChI=1S/C12H10BrN3O4/c1-7-4-9(20-15-7)6-14-12(17)10-5-8(16(18)19)2-3-11(10)13/h2-5H,6H2,1H3,(H,14,17). The number of carbonyl (C=O) groups excluding carboxylic acids is 1. The first-order chi connectivity index (χ1) is 9.47. The van der Waals surface area contributed by atoms with Gasteiger partial charge in [-0.25, -0.2) is 0 Å². The molecule has 0 spiro atoms. The van der Waals surface area contributed by atoms with Crippen molar-refractivity contribution in [1.82, 2.24) is 10.5 Å². The van der Waals surface area contributed by atoms with E-state index in [1.807, 2.05) is 0 Å². The maximum absolute atomic E-state index is 12.0. The Labute approximate surface area is 122 Å². The van der Waals surface area contributed by atoms with Crippen LogP contribution in [0.25, 0.3) is 0 Å². The molecular formula is C12H10BrN3O4. The number of amides is 1. The second kappa shape index (κ2) is 5.83. The van der Waals surface area contributed by atoms with Crippen LogP contribution in [-0.4, -0.2) is 16.0 Å². The number of aromatic nitrogens is 1. The lowest BCUT2D eigenvalue weighted by molar-refractivity contribution is -0.384. The summed E-state index contributed by atoms with van der Waals surface area (Å²) in [4.78, 5) is 22.1. The van der Waals surface area contributed by atoms with E-state index < -0.39 is 10.8 Å². The zero-order valence-corrected chi connectivity index (χ0v) is 12.0. The molecule has 2 rings (SSSR count). The molecule has 104 valence electrons. The zero-order valence-electron chi connectivity index (χ0n) is 10.4. The van der Waals surface area contributed by atoms with E-state index in [-0.39, 0.29) is 17.8 Å². The minimum absolute atomic E-state index is 0.145. The lowest BCUT2D eigenvalue weighted by atomic mass is 10.2. The van der Waals surface area contributed by atoms with E-state index in [4.69, 9.17) is 4.52 Å². The minimum atomic E-state index is -0.553. The molecule has 0 atom stereocenters. The molecule has 8 heteroatoms. The fourth-order valence-corrected chi connectivity index (χ4v) is 1.99. The van der Waals surface area contributed by atoms with Crippen molar-refractivity contribution in [3.8, 4) is 0 Å². The summed E-state index contributed by atoms with van der Waals surface area (Å²) in [5, 5.41) is 17.0. The predicted octanol–water partition coefficient (Wildman–Crippen LogP) is 2.58. The summed E-state index contributed by atoms with van der Waals surface area (Å²) in [6.45, 7) is 1.93. The average Bonchev–Trinajstić information content (AvgIpc) is 2.82. The van der Waals surface area contributed by atoms with Gasteiger partial charge in [0.15, 0.2) is 5.76 Å². The predicted molar refractivity (Wildman–Crippen MR) is 73.2 cm³/mol. The van der Waals surface area contributed by atoms with Gasteiger partial charge in [0.2, 0.25) is 0 Å². The number of benzene rings is 1. The second-order valence-electron chi connectivity index (χ2n) is 4.04. The van der Waals surface area contributed by atoms with Gasteiger partial charge in [0.1, 0.15) is 0 Å². The molecule has 0 fully saturated rings. The summed E-state index contributed by atoms with van der Waals surface area (Å²) in [6.07, 6.45) is 0. The van der Waals surface area contributed by atoms with Crippen molar-refractivity contribution in [2.75, 3.05) is 0 Å². The van der Waals surface area contributed by atoms with E-state index >= 15 is 0 Å². The van der Waals surface area contributed by atoms with Gasteiger partial charge >= 0.3 is 0 Å². The summed E-state index contributed by atoms with van der Waals surface area (Å²) in [6, 6.07) is 5.69. The molecule has 0 unspecified atom stereocenters. The van der Waals surface area contributed by atoms with E-state index in [9.17, 15) is 14.9 Å². The number of rotatable bonds is 4. The highest BCUT2D eigenvalue weighted by Gasteiger charge is 2.15. The molecule has 0 aliphatic rings. The summed E-state index contributed by atoms with van der Waals surface area (Å²) in [5.41, 5.74) is 0.759. The summed E-state index contributed by atoms with van der Waals surface area (Å²) in [7, 11) is 0. The van der Waals surface area contributed by atoms with E-state index in [1.54, 1.807) is 13.0 Å². The molecule has 0 radical (unpaired) electrons. The maximum atomic E-state index is 12.0. The quantitative estimate of drug-likeness (QED) is 0.681. The van der Waals surface area contributed by atoms with Crippen molar-refractivity contribution in [3.05, 3.63) is 55.9 Å². The van der Waals surface area contributed by atoms with Crippen LogP contribution in [0.15, 0.2) is 33.3 Å². The molecule has 1 N–H and O–H groups in total. The van der Waals surface area contributed by atoms with Crippen LogP contribution < -0.4 is 5.32 Å². The number of halogens is 1. The van der Waals surface area contributed by atoms with Gasteiger partial charge in [-0.3, -0.25) is 14.9 Å². The third-order valence-electron chi connectivity index (χ3n) is 2.51. The first kappa shape index (κ1) is 14.2. The lowest BCUT2D eigenvalue weighted by Gasteiger charge is -2.05. The fraction of sp³-hybridized carbons (Fsp3) is 0.167. The first-order valence-corrected chi connectivity index (χ1v) is 6.41. The Hall–Kier alpha value is -2.22. The van der Waals surface area contributed by atoms with Crippen molar-refractivity contribution in [3.63, 3.8) is 0 Å². The molecule has 0 aliphatic heterocycles. The number of aryl methyl sites for hydroxylation is 1. The van der Waals surface area contributed by atoms with Crippen LogP contribution in [-0.2, 0) is 6.54 Å². The monoisotopic (exact) mass is 339 g/mol. The normalized spacial score (nSPS) is 10.3. The molecule has 0 saturated heterocycles. The summed E-state index contributed by atoms with van der Waals surface area (Å²) >= 11 is 3.19. The topological polar surface area (TPSA) is 98.3 Å². The minimum Gasteiger partial charge on any atom is -0.359 e. The van der Waals surface area contributed by atoms with Crippen molar-refractivity contribution < 1.29 is 14.2 Å². The van der Waals surface area contributed by atoms with Crippen LogP contribution in [0.2, 0.25) is 0 Å². The SMILES string of the molecule is Cc1cc(CNC(=O)c2cc([N+](=O)[O-])ccc2Br)on1. The molecule has 0 saturated carbocycles. The van der Waals surface area contributed by atoms with Gasteiger partial charge in [-0.15, -0.1) is 0 Å². The van der Waals surface area contributed by atoms with Crippen molar-refractivity contribution in [2.24, 2.45) is 0 Å². The zero-order chi connectivity index (χ0) is 14.7. The lowest BCUT2D eigenvalue weighted by Crippen LogP contribution is -2.23. The Bertz CT molecular complexity index is 668. The molecule has 20 heavy (non-hydrogen) atoms. The van der Waals surface area contributed by atoms with Gasteiger partial charge in [0, 0.05) is 22.7 Å². The van der Waals surface area contributed by atoms with Crippen LogP contribution in [0.5, 0.6) is 0 Å². The number of nitro groups is 1. The molecule has 1 amide bonds. The molecule has 0 bridgehead atoms. The van der Waals surface area contributed by atoms with E-state index in [0.717, 1.165) is 0 Å². The number of nitrogens with one attached hydrogen (secondary N) is 1.